The summed E-state index contributed by atoms with van der Waals surface area (Å²) in [6.07, 6.45) is 6.11. The first kappa shape index (κ1) is 14.7. The predicted molar refractivity (Wildman–Crippen MR) is 83.0 cm³/mol. The van der Waals surface area contributed by atoms with E-state index in [-0.39, 0.29) is 11.9 Å². The van der Waals surface area contributed by atoms with E-state index in [2.05, 4.69) is 9.97 Å². The molecule has 22 heavy (non-hydrogen) atoms. The van der Waals surface area contributed by atoms with Crippen molar-refractivity contribution >= 4 is 5.91 Å². The molecule has 0 aromatic carbocycles. The van der Waals surface area contributed by atoms with Crippen LogP contribution in [-0.2, 0) is 11.8 Å². The highest BCUT2D eigenvalue weighted by atomic mass is 16.2. The summed E-state index contributed by atoms with van der Waals surface area (Å²) in [7, 11) is 1.95. The SMILES string of the molecule is CCC(=O)N1CCC[C@@H]1c1nc(C)cc(-c2nccn2C)n1. The van der Waals surface area contributed by atoms with Gasteiger partial charge in [0.05, 0.1) is 6.04 Å². The quantitative estimate of drug-likeness (QED) is 0.872. The van der Waals surface area contributed by atoms with E-state index < -0.39 is 0 Å². The van der Waals surface area contributed by atoms with E-state index in [4.69, 9.17) is 4.98 Å². The molecule has 1 saturated heterocycles. The Morgan fingerprint density at radius 2 is 2.23 bits per heavy atom. The molecule has 2 aromatic heterocycles. The molecule has 0 unspecified atom stereocenters. The Kier molecular flexibility index (Phi) is 3.92. The summed E-state index contributed by atoms with van der Waals surface area (Å²) in [6.45, 7) is 4.65. The molecule has 0 N–H and O–H groups in total. The number of likely N-dealkylation sites (tertiary alicyclic amines) is 1. The van der Waals surface area contributed by atoms with Crippen molar-refractivity contribution in [3.05, 3.63) is 30.0 Å². The number of carbonyl (C=O) groups excluding carboxylic acids is 1. The zero-order valence-electron chi connectivity index (χ0n) is 13.3. The number of hydrogen-bond acceptors (Lipinski definition) is 4. The van der Waals surface area contributed by atoms with Gasteiger partial charge in [0.1, 0.15) is 5.69 Å². The van der Waals surface area contributed by atoms with Crippen LogP contribution >= 0.6 is 0 Å². The largest absolute Gasteiger partial charge is 0.333 e. The van der Waals surface area contributed by atoms with E-state index >= 15 is 0 Å². The Bertz CT molecular complexity index is 694. The summed E-state index contributed by atoms with van der Waals surface area (Å²) in [5, 5.41) is 0. The van der Waals surface area contributed by atoms with Gasteiger partial charge in [0.2, 0.25) is 5.91 Å². The Morgan fingerprint density at radius 3 is 2.91 bits per heavy atom. The topological polar surface area (TPSA) is 63.9 Å². The Hall–Kier alpha value is -2.24. The first-order chi connectivity index (χ1) is 10.6. The molecule has 1 amide bonds. The van der Waals surface area contributed by atoms with Gasteiger partial charge in [-0.05, 0) is 25.8 Å². The van der Waals surface area contributed by atoms with Gasteiger partial charge in [-0.1, -0.05) is 6.92 Å². The van der Waals surface area contributed by atoms with Crippen molar-refractivity contribution in [2.24, 2.45) is 7.05 Å². The van der Waals surface area contributed by atoms with Gasteiger partial charge >= 0.3 is 0 Å². The van der Waals surface area contributed by atoms with Crippen LogP contribution in [0.3, 0.4) is 0 Å². The molecule has 0 bridgehead atoms. The van der Waals surface area contributed by atoms with Crippen LogP contribution < -0.4 is 0 Å². The lowest BCUT2D eigenvalue weighted by Gasteiger charge is -2.23. The van der Waals surface area contributed by atoms with Gasteiger partial charge < -0.3 is 9.47 Å². The molecule has 1 aliphatic rings. The molecule has 6 heteroatoms. The molecule has 1 aliphatic heterocycles. The van der Waals surface area contributed by atoms with Crippen LogP contribution in [0.2, 0.25) is 0 Å². The minimum absolute atomic E-state index is 0.00799. The number of imidazole rings is 1. The van der Waals surface area contributed by atoms with Gasteiger partial charge in [-0.2, -0.15) is 0 Å². The Morgan fingerprint density at radius 1 is 1.41 bits per heavy atom. The van der Waals surface area contributed by atoms with Crippen molar-refractivity contribution in [1.82, 2.24) is 24.4 Å². The van der Waals surface area contributed by atoms with Gasteiger partial charge in [-0.25, -0.2) is 15.0 Å². The molecule has 3 rings (SSSR count). The molecule has 1 fully saturated rings. The van der Waals surface area contributed by atoms with Gasteiger partial charge in [0, 0.05) is 38.1 Å². The average molecular weight is 299 g/mol. The van der Waals surface area contributed by atoms with E-state index in [1.54, 1.807) is 6.20 Å². The number of aromatic nitrogens is 4. The molecule has 0 saturated carbocycles. The van der Waals surface area contributed by atoms with Crippen LogP contribution in [0.4, 0.5) is 0 Å². The van der Waals surface area contributed by atoms with E-state index in [1.807, 2.05) is 42.6 Å². The van der Waals surface area contributed by atoms with E-state index in [0.29, 0.717) is 6.42 Å². The lowest BCUT2D eigenvalue weighted by Crippen LogP contribution is -2.31. The summed E-state index contributed by atoms with van der Waals surface area (Å²) >= 11 is 0. The first-order valence-corrected chi connectivity index (χ1v) is 7.73. The summed E-state index contributed by atoms with van der Waals surface area (Å²) in [5.74, 6) is 1.72. The maximum atomic E-state index is 12.1. The highest BCUT2D eigenvalue weighted by molar-refractivity contribution is 5.76. The number of amides is 1. The van der Waals surface area contributed by atoms with Crippen LogP contribution in [0.5, 0.6) is 0 Å². The maximum absolute atomic E-state index is 12.1. The molecule has 0 aliphatic carbocycles. The molecule has 116 valence electrons. The molecular weight excluding hydrogens is 278 g/mol. The molecule has 0 radical (unpaired) electrons. The van der Waals surface area contributed by atoms with E-state index in [1.165, 1.54) is 0 Å². The number of hydrogen-bond donors (Lipinski definition) is 0. The fourth-order valence-electron chi connectivity index (χ4n) is 3.00. The van der Waals surface area contributed by atoms with E-state index in [0.717, 1.165) is 42.4 Å². The Labute approximate surface area is 130 Å². The normalized spacial score (nSPS) is 18.0. The van der Waals surface area contributed by atoms with Crippen molar-refractivity contribution in [2.45, 2.75) is 39.2 Å². The van der Waals surface area contributed by atoms with Gasteiger partial charge in [-0.3, -0.25) is 4.79 Å². The first-order valence-electron chi connectivity index (χ1n) is 7.73. The summed E-state index contributed by atoms with van der Waals surface area (Å²) in [6, 6.07) is 1.93. The molecular formula is C16H21N5O. The third kappa shape index (κ3) is 2.61. The fraction of sp³-hybridized carbons (Fsp3) is 0.500. The smallest absolute Gasteiger partial charge is 0.222 e. The molecule has 2 aromatic rings. The van der Waals surface area contributed by atoms with Crippen LogP contribution in [0.25, 0.3) is 11.5 Å². The van der Waals surface area contributed by atoms with Crippen molar-refractivity contribution in [3.8, 4) is 11.5 Å². The van der Waals surface area contributed by atoms with Crippen LogP contribution in [0.15, 0.2) is 18.5 Å². The second-order valence-electron chi connectivity index (χ2n) is 5.71. The zero-order valence-corrected chi connectivity index (χ0v) is 13.3. The zero-order chi connectivity index (χ0) is 15.7. The monoisotopic (exact) mass is 299 g/mol. The van der Waals surface area contributed by atoms with Crippen LogP contribution in [0, 0.1) is 6.92 Å². The minimum atomic E-state index is -0.00799. The lowest BCUT2D eigenvalue weighted by molar-refractivity contribution is -0.131. The fourth-order valence-corrected chi connectivity index (χ4v) is 3.00. The summed E-state index contributed by atoms with van der Waals surface area (Å²) in [5.41, 5.74) is 1.71. The molecule has 1 atom stereocenters. The number of rotatable bonds is 3. The van der Waals surface area contributed by atoms with Gasteiger partial charge in [0.15, 0.2) is 11.6 Å². The number of carbonyl (C=O) groups is 1. The standard InChI is InChI=1S/C16H21N5O/c1-4-14(22)21-8-5-6-13(21)15-18-11(2)10-12(19-15)16-17-7-9-20(16)3/h7,9-10,13H,4-6,8H2,1-3H3/t13-/m1/s1. The van der Waals surface area contributed by atoms with Crippen LogP contribution in [-0.4, -0.2) is 36.9 Å². The minimum Gasteiger partial charge on any atom is -0.333 e. The van der Waals surface area contributed by atoms with E-state index in [9.17, 15) is 4.79 Å². The predicted octanol–water partition coefficient (Wildman–Crippen LogP) is 2.26. The summed E-state index contributed by atoms with van der Waals surface area (Å²) < 4.78 is 1.94. The van der Waals surface area contributed by atoms with Crippen molar-refractivity contribution in [1.29, 1.82) is 0 Å². The highest BCUT2D eigenvalue weighted by Gasteiger charge is 2.31. The number of nitrogens with zero attached hydrogens (tertiary/aromatic N) is 5. The third-order valence-electron chi connectivity index (χ3n) is 4.10. The second-order valence-corrected chi connectivity index (χ2v) is 5.71. The third-order valence-corrected chi connectivity index (χ3v) is 4.10. The molecule has 0 spiro atoms. The van der Waals surface area contributed by atoms with Crippen molar-refractivity contribution in [3.63, 3.8) is 0 Å². The molecule has 6 nitrogen and oxygen atoms in total. The van der Waals surface area contributed by atoms with Crippen molar-refractivity contribution < 1.29 is 4.79 Å². The second kappa shape index (κ2) is 5.87. The van der Waals surface area contributed by atoms with Gasteiger partial charge in [-0.15, -0.1) is 0 Å². The lowest BCUT2D eigenvalue weighted by atomic mass is 10.2. The van der Waals surface area contributed by atoms with Gasteiger partial charge in [0.25, 0.3) is 0 Å². The molecule has 3 heterocycles. The van der Waals surface area contributed by atoms with Crippen molar-refractivity contribution in [2.75, 3.05) is 6.54 Å². The Balaban J connectivity index is 1.99. The number of aryl methyl sites for hydroxylation is 2. The maximum Gasteiger partial charge on any atom is 0.222 e. The summed E-state index contributed by atoms with van der Waals surface area (Å²) in [4.78, 5) is 27.7. The van der Waals surface area contributed by atoms with Crippen LogP contribution in [0.1, 0.15) is 43.7 Å². The highest BCUT2D eigenvalue weighted by Crippen LogP contribution is 2.31. The average Bonchev–Trinajstić information content (AvgIpc) is 3.14.